The van der Waals surface area contributed by atoms with E-state index in [1.165, 1.54) is 13.0 Å². The van der Waals surface area contributed by atoms with Crippen LogP contribution in [0.3, 0.4) is 0 Å². The van der Waals surface area contributed by atoms with Crippen LogP contribution in [0.5, 0.6) is 5.75 Å². The monoisotopic (exact) mass is 332 g/mol. The van der Waals surface area contributed by atoms with E-state index in [-0.39, 0.29) is 5.97 Å². The Morgan fingerprint density at radius 3 is 2.67 bits per heavy atom. The summed E-state index contributed by atoms with van der Waals surface area (Å²) in [7, 11) is 0. The minimum atomic E-state index is -0.482. The van der Waals surface area contributed by atoms with Crippen molar-refractivity contribution in [3.63, 3.8) is 0 Å². The minimum absolute atomic E-state index is 0.379. The van der Waals surface area contributed by atoms with Crippen molar-refractivity contribution in [3.05, 3.63) is 40.2 Å². The molecule has 0 radical (unpaired) electrons. The predicted octanol–water partition coefficient (Wildman–Crippen LogP) is 4.38. The number of carbonyl (C=O) groups excluding carboxylic acids is 1. The largest absolute Gasteiger partial charge is 0.494 e. The molecule has 2 aromatic rings. The summed E-state index contributed by atoms with van der Waals surface area (Å²) in [4.78, 5) is 23.1. The second-order valence-electron chi connectivity index (χ2n) is 5.74. The van der Waals surface area contributed by atoms with E-state index < -0.39 is 11.7 Å². The van der Waals surface area contributed by atoms with Gasteiger partial charge in [-0.25, -0.2) is 4.79 Å². The van der Waals surface area contributed by atoms with Crippen molar-refractivity contribution >= 4 is 16.9 Å². The molecule has 130 valence electrons. The van der Waals surface area contributed by atoms with E-state index in [9.17, 15) is 9.59 Å². The lowest BCUT2D eigenvalue weighted by molar-refractivity contribution is -0.146. The van der Waals surface area contributed by atoms with Crippen LogP contribution in [0.15, 0.2) is 33.5 Å². The third-order valence-corrected chi connectivity index (χ3v) is 3.79. The molecular formula is C19H24O5. The lowest BCUT2D eigenvalue weighted by Crippen LogP contribution is -2.11. The molecule has 5 nitrogen and oxygen atoms in total. The first-order valence-electron chi connectivity index (χ1n) is 8.43. The van der Waals surface area contributed by atoms with Crippen molar-refractivity contribution in [2.45, 2.75) is 52.6 Å². The van der Waals surface area contributed by atoms with Gasteiger partial charge in [-0.15, -0.1) is 0 Å². The molecule has 5 heteroatoms. The van der Waals surface area contributed by atoms with Crippen molar-refractivity contribution in [2.75, 3.05) is 6.61 Å². The Hall–Kier alpha value is -2.30. The van der Waals surface area contributed by atoms with Gasteiger partial charge < -0.3 is 13.9 Å². The van der Waals surface area contributed by atoms with Crippen molar-refractivity contribution in [2.24, 2.45) is 0 Å². The van der Waals surface area contributed by atoms with Crippen LogP contribution < -0.4 is 10.4 Å². The summed E-state index contributed by atoms with van der Waals surface area (Å²) in [6.07, 6.45) is 3.34. The molecule has 0 saturated heterocycles. The lowest BCUT2D eigenvalue weighted by Gasteiger charge is -2.17. The van der Waals surface area contributed by atoms with Crippen molar-refractivity contribution in [1.29, 1.82) is 0 Å². The van der Waals surface area contributed by atoms with Gasteiger partial charge in [0.2, 0.25) is 0 Å². The van der Waals surface area contributed by atoms with Crippen molar-refractivity contribution in [3.8, 4) is 5.75 Å². The number of hydrogen-bond donors (Lipinski definition) is 0. The van der Waals surface area contributed by atoms with Gasteiger partial charge in [-0.3, -0.25) is 4.79 Å². The molecule has 1 atom stereocenters. The Labute approximate surface area is 141 Å². The first-order valence-corrected chi connectivity index (χ1v) is 8.43. The summed E-state index contributed by atoms with van der Waals surface area (Å²) in [6, 6.07) is 6.73. The van der Waals surface area contributed by atoms with Gasteiger partial charge in [0, 0.05) is 23.9 Å². The zero-order valence-corrected chi connectivity index (χ0v) is 14.5. The molecule has 0 amide bonds. The smallest absolute Gasteiger partial charge is 0.336 e. The molecule has 1 unspecified atom stereocenters. The van der Waals surface area contributed by atoms with Crippen LogP contribution in [-0.2, 0) is 9.53 Å². The van der Waals surface area contributed by atoms with Crippen LogP contribution in [0.1, 0.15) is 58.1 Å². The number of rotatable bonds is 8. The molecule has 0 aliphatic carbocycles. The number of hydrogen-bond acceptors (Lipinski definition) is 5. The van der Waals surface area contributed by atoms with Crippen LogP contribution in [-0.4, -0.2) is 12.6 Å². The number of esters is 1. The van der Waals surface area contributed by atoms with Crippen molar-refractivity contribution in [1.82, 2.24) is 0 Å². The van der Waals surface area contributed by atoms with Crippen LogP contribution in [0.2, 0.25) is 0 Å². The van der Waals surface area contributed by atoms with Gasteiger partial charge in [-0.2, -0.15) is 0 Å². The van der Waals surface area contributed by atoms with Gasteiger partial charge in [0.15, 0.2) is 0 Å². The molecule has 0 aliphatic rings. The summed E-state index contributed by atoms with van der Waals surface area (Å²) >= 11 is 0. The van der Waals surface area contributed by atoms with E-state index in [1.54, 1.807) is 12.1 Å². The summed E-state index contributed by atoms with van der Waals surface area (Å²) < 4.78 is 16.4. The highest BCUT2D eigenvalue weighted by Crippen LogP contribution is 2.30. The Morgan fingerprint density at radius 2 is 2.00 bits per heavy atom. The second-order valence-corrected chi connectivity index (χ2v) is 5.74. The molecule has 1 aromatic heterocycles. The normalized spacial score (nSPS) is 12.1. The third-order valence-electron chi connectivity index (χ3n) is 3.79. The van der Waals surface area contributed by atoms with E-state index in [1.807, 2.05) is 13.0 Å². The van der Waals surface area contributed by atoms with Gasteiger partial charge in [-0.05, 0) is 31.0 Å². The maximum absolute atomic E-state index is 11.8. The Balaban J connectivity index is 2.37. The standard InChI is InChI=1S/C19H24O5/c1-4-6-7-10-22-14-8-9-18-15(11-14)16(12-19(21)24-18)17(5-2)23-13(3)20/h8-9,11-12,17H,4-7,10H2,1-3H3. The molecule has 2 rings (SSSR count). The fraction of sp³-hybridized carbons (Fsp3) is 0.474. The summed E-state index contributed by atoms with van der Waals surface area (Å²) in [5, 5.41) is 0.732. The molecule has 0 saturated carbocycles. The molecule has 0 spiro atoms. The summed E-state index contributed by atoms with van der Waals surface area (Å²) in [5.41, 5.74) is 0.654. The average Bonchev–Trinajstić information content (AvgIpc) is 2.56. The van der Waals surface area contributed by atoms with Crippen LogP contribution in [0, 0.1) is 0 Å². The van der Waals surface area contributed by atoms with Gasteiger partial charge >= 0.3 is 11.6 Å². The highest BCUT2D eigenvalue weighted by Gasteiger charge is 2.18. The number of unbranched alkanes of at least 4 members (excludes halogenated alkanes) is 2. The van der Waals surface area contributed by atoms with Crippen molar-refractivity contribution < 1.29 is 18.7 Å². The van der Waals surface area contributed by atoms with E-state index in [0.717, 1.165) is 24.6 Å². The Morgan fingerprint density at radius 1 is 1.21 bits per heavy atom. The Bertz CT molecular complexity index is 747. The number of ether oxygens (including phenoxy) is 2. The van der Waals surface area contributed by atoms with Gasteiger partial charge in [0.05, 0.1) is 6.61 Å². The molecule has 1 aromatic carbocycles. The number of benzene rings is 1. The van der Waals surface area contributed by atoms with E-state index in [0.29, 0.717) is 29.9 Å². The third kappa shape index (κ3) is 4.60. The van der Waals surface area contributed by atoms with Gasteiger partial charge in [-0.1, -0.05) is 26.7 Å². The lowest BCUT2D eigenvalue weighted by atomic mass is 10.0. The molecule has 0 bridgehead atoms. The van der Waals surface area contributed by atoms with Gasteiger partial charge in [0.25, 0.3) is 0 Å². The van der Waals surface area contributed by atoms with Crippen LogP contribution in [0.4, 0.5) is 0 Å². The second kappa shape index (κ2) is 8.52. The summed E-state index contributed by atoms with van der Waals surface area (Å²) in [5.74, 6) is 0.335. The Kier molecular flexibility index (Phi) is 6.41. The molecule has 24 heavy (non-hydrogen) atoms. The fourth-order valence-electron chi connectivity index (χ4n) is 2.63. The first-order chi connectivity index (χ1) is 11.5. The van der Waals surface area contributed by atoms with Crippen LogP contribution >= 0.6 is 0 Å². The zero-order chi connectivity index (χ0) is 17.5. The highest BCUT2D eigenvalue weighted by molar-refractivity contribution is 5.82. The highest BCUT2D eigenvalue weighted by atomic mass is 16.5. The maximum Gasteiger partial charge on any atom is 0.336 e. The molecule has 0 aliphatic heterocycles. The van der Waals surface area contributed by atoms with E-state index in [2.05, 4.69) is 6.92 Å². The SMILES string of the molecule is CCCCCOc1ccc2oc(=O)cc(C(CC)OC(C)=O)c2c1. The molecular weight excluding hydrogens is 308 g/mol. The average molecular weight is 332 g/mol. The quantitative estimate of drug-likeness (QED) is 0.408. The van der Waals surface area contributed by atoms with Crippen LogP contribution in [0.25, 0.3) is 11.0 Å². The molecule has 0 N–H and O–H groups in total. The van der Waals surface area contributed by atoms with E-state index in [4.69, 9.17) is 13.9 Å². The minimum Gasteiger partial charge on any atom is -0.494 e. The van der Waals surface area contributed by atoms with Gasteiger partial charge in [0.1, 0.15) is 17.4 Å². The predicted molar refractivity (Wildman–Crippen MR) is 92.3 cm³/mol. The number of carbonyl (C=O) groups is 1. The topological polar surface area (TPSA) is 65.7 Å². The number of fused-ring (bicyclic) bond motifs is 1. The first kappa shape index (κ1) is 18.0. The molecule has 0 fully saturated rings. The fourth-order valence-corrected chi connectivity index (χ4v) is 2.63. The maximum atomic E-state index is 11.8. The zero-order valence-electron chi connectivity index (χ0n) is 14.5. The molecule has 1 heterocycles. The summed E-state index contributed by atoms with van der Waals surface area (Å²) in [6.45, 7) is 6.05. The van der Waals surface area contributed by atoms with E-state index >= 15 is 0 Å².